The lowest BCUT2D eigenvalue weighted by molar-refractivity contribution is 0.457. The highest BCUT2D eigenvalue weighted by molar-refractivity contribution is 5.38. The van der Waals surface area contributed by atoms with Gasteiger partial charge in [-0.3, -0.25) is 5.43 Å². The monoisotopic (exact) mass is 245 g/mol. The number of ether oxygens (including phenoxy) is 1. The first-order valence-electron chi connectivity index (χ1n) is 4.90. The molecule has 90 valence electrons. The van der Waals surface area contributed by atoms with E-state index in [-0.39, 0.29) is 23.1 Å². The highest BCUT2D eigenvalue weighted by Crippen LogP contribution is 2.22. The molecule has 7 heteroatoms. The molecule has 18 heavy (non-hydrogen) atoms. The van der Waals surface area contributed by atoms with Crippen molar-refractivity contribution in [1.29, 1.82) is 5.26 Å². The fourth-order valence-electron chi connectivity index (χ4n) is 1.24. The molecule has 0 fully saturated rings. The molecular formula is C11H8FN5O. The van der Waals surface area contributed by atoms with Gasteiger partial charge in [0, 0.05) is 18.3 Å². The Kier molecular flexibility index (Phi) is 3.31. The highest BCUT2D eigenvalue weighted by Gasteiger charge is 2.05. The summed E-state index contributed by atoms with van der Waals surface area (Å²) in [4.78, 5) is 7.70. The van der Waals surface area contributed by atoms with Crippen molar-refractivity contribution in [2.75, 3.05) is 5.43 Å². The Balaban J connectivity index is 2.23. The van der Waals surface area contributed by atoms with E-state index in [0.717, 1.165) is 6.07 Å². The number of nitrogen functional groups attached to an aromatic ring is 1. The van der Waals surface area contributed by atoms with Crippen molar-refractivity contribution in [3.05, 3.63) is 41.8 Å². The lowest BCUT2D eigenvalue weighted by Crippen LogP contribution is -2.10. The number of nitrogens with two attached hydrogens (primary N) is 1. The molecule has 1 heterocycles. The van der Waals surface area contributed by atoms with Gasteiger partial charge in [-0.1, -0.05) is 0 Å². The average Bonchev–Trinajstić information content (AvgIpc) is 2.39. The number of halogens is 1. The normalized spacial score (nSPS) is 9.61. The fourth-order valence-corrected chi connectivity index (χ4v) is 1.24. The number of hydrogen-bond donors (Lipinski definition) is 2. The van der Waals surface area contributed by atoms with E-state index in [0.29, 0.717) is 0 Å². The van der Waals surface area contributed by atoms with Crippen LogP contribution < -0.4 is 16.0 Å². The van der Waals surface area contributed by atoms with Crippen molar-refractivity contribution < 1.29 is 9.13 Å². The highest BCUT2D eigenvalue weighted by atomic mass is 19.1. The summed E-state index contributed by atoms with van der Waals surface area (Å²) in [5.74, 6) is 5.12. The van der Waals surface area contributed by atoms with Crippen LogP contribution in [0.3, 0.4) is 0 Å². The first-order chi connectivity index (χ1) is 8.72. The number of nitrogens with zero attached hydrogens (tertiary/aromatic N) is 3. The molecule has 0 saturated carbocycles. The van der Waals surface area contributed by atoms with Gasteiger partial charge in [-0.25, -0.2) is 15.2 Å². The predicted molar refractivity (Wildman–Crippen MR) is 61.0 cm³/mol. The minimum atomic E-state index is -0.652. The number of benzene rings is 1. The van der Waals surface area contributed by atoms with Crippen LogP contribution in [0.2, 0.25) is 0 Å². The zero-order valence-corrected chi connectivity index (χ0v) is 9.09. The Labute approximate surface area is 102 Å². The first kappa shape index (κ1) is 11.8. The molecule has 6 nitrogen and oxygen atoms in total. The van der Waals surface area contributed by atoms with E-state index in [1.807, 2.05) is 0 Å². The number of aromatic nitrogens is 2. The van der Waals surface area contributed by atoms with Gasteiger partial charge < -0.3 is 4.74 Å². The van der Waals surface area contributed by atoms with Crippen LogP contribution in [0, 0.1) is 17.1 Å². The van der Waals surface area contributed by atoms with Crippen LogP contribution in [-0.2, 0) is 0 Å². The third-order valence-corrected chi connectivity index (χ3v) is 2.04. The van der Waals surface area contributed by atoms with Gasteiger partial charge in [-0.2, -0.15) is 10.2 Å². The van der Waals surface area contributed by atoms with E-state index < -0.39 is 5.82 Å². The molecule has 0 unspecified atom stereocenters. The molecule has 2 rings (SSSR count). The Morgan fingerprint density at radius 2 is 2.22 bits per heavy atom. The maximum absolute atomic E-state index is 13.3. The molecule has 0 radical (unpaired) electrons. The van der Waals surface area contributed by atoms with E-state index in [2.05, 4.69) is 15.4 Å². The molecule has 0 spiro atoms. The topological polar surface area (TPSA) is 96.8 Å². The van der Waals surface area contributed by atoms with Crippen LogP contribution in [-0.4, -0.2) is 9.97 Å². The standard InChI is InChI=1S/C11H8FN5O/c12-9-5-8(2-1-7(9)6-13)18-10-3-4-15-11(16-10)17-14/h1-5H,14H2,(H,15,16,17). The molecule has 0 saturated heterocycles. The smallest absolute Gasteiger partial charge is 0.240 e. The molecule has 0 aliphatic heterocycles. The van der Waals surface area contributed by atoms with Gasteiger partial charge in [-0.05, 0) is 12.1 Å². The molecule has 0 atom stereocenters. The first-order valence-corrected chi connectivity index (χ1v) is 4.90. The number of rotatable bonds is 3. The van der Waals surface area contributed by atoms with Gasteiger partial charge >= 0.3 is 0 Å². The van der Waals surface area contributed by atoms with Gasteiger partial charge in [0.25, 0.3) is 0 Å². The van der Waals surface area contributed by atoms with Crippen molar-refractivity contribution in [3.63, 3.8) is 0 Å². The van der Waals surface area contributed by atoms with Gasteiger partial charge in [0.05, 0.1) is 5.56 Å². The molecule has 2 aromatic rings. The summed E-state index contributed by atoms with van der Waals surface area (Å²) in [6.07, 6.45) is 1.44. The summed E-state index contributed by atoms with van der Waals surface area (Å²) in [7, 11) is 0. The maximum Gasteiger partial charge on any atom is 0.240 e. The number of hydrazine groups is 1. The third kappa shape index (κ3) is 2.50. The number of nitrogens with one attached hydrogen (secondary N) is 1. The van der Waals surface area contributed by atoms with E-state index in [1.165, 1.54) is 24.4 Å². The maximum atomic E-state index is 13.3. The van der Waals surface area contributed by atoms with Gasteiger partial charge in [0.2, 0.25) is 11.8 Å². The fraction of sp³-hybridized carbons (Fsp3) is 0. The molecule has 0 aliphatic carbocycles. The molecule has 0 aliphatic rings. The lowest BCUT2D eigenvalue weighted by Gasteiger charge is -2.05. The van der Waals surface area contributed by atoms with Gasteiger partial charge in [-0.15, -0.1) is 0 Å². The molecule has 0 amide bonds. The molecule has 0 bridgehead atoms. The van der Waals surface area contributed by atoms with E-state index in [4.69, 9.17) is 15.8 Å². The SMILES string of the molecule is N#Cc1ccc(Oc2ccnc(NN)n2)cc1F. The summed E-state index contributed by atoms with van der Waals surface area (Å²) in [6.45, 7) is 0. The summed E-state index contributed by atoms with van der Waals surface area (Å²) in [6, 6.07) is 7.13. The van der Waals surface area contributed by atoms with E-state index in [9.17, 15) is 4.39 Å². The number of nitriles is 1. The summed E-state index contributed by atoms with van der Waals surface area (Å²) < 4.78 is 18.6. The van der Waals surface area contributed by atoms with Crippen molar-refractivity contribution >= 4 is 5.95 Å². The Bertz CT molecular complexity index is 611. The van der Waals surface area contributed by atoms with Crippen LogP contribution in [0.4, 0.5) is 10.3 Å². The second kappa shape index (κ2) is 5.07. The molecule has 3 N–H and O–H groups in total. The second-order valence-electron chi connectivity index (χ2n) is 3.22. The lowest BCUT2D eigenvalue weighted by atomic mass is 10.2. The minimum absolute atomic E-state index is 0.0469. The summed E-state index contributed by atoms with van der Waals surface area (Å²) in [5.41, 5.74) is 2.22. The number of anilines is 1. The zero-order chi connectivity index (χ0) is 13.0. The van der Waals surface area contributed by atoms with Crippen molar-refractivity contribution in [2.24, 2.45) is 5.84 Å². The average molecular weight is 245 g/mol. The molecular weight excluding hydrogens is 237 g/mol. The van der Waals surface area contributed by atoms with Gasteiger partial charge in [0.1, 0.15) is 17.6 Å². The summed E-state index contributed by atoms with van der Waals surface area (Å²) in [5, 5.41) is 8.59. The van der Waals surface area contributed by atoms with E-state index in [1.54, 1.807) is 6.07 Å². The summed E-state index contributed by atoms with van der Waals surface area (Å²) >= 11 is 0. The van der Waals surface area contributed by atoms with Crippen molar-refractivity contribution in [3.8, 4) is 17.7 Å². The Morgan fingerprint density at radius 3 is 2.89 bits per heavy atom. The van der Waals surface area contributed by atoms with Crippen molar-refractivity contribution in [1.82, 2.24) is 9.97 Å². The van der Waals surface area contributed by atoms with Crippen molar-refractivity contribution in [2.45, 2.75) is 0 Å². The van der Waals surface area contributed by atoms with Crippen LogP contribution in [0.1, 0.15) is 5.56 Å². The third-order valence-electron chi connectivity index (χ3n) is 2.04. The van der Waals surface area contributed by atoms with Crippen LogP contribution >= 0.6 is 0 Å². The molecule has 1 aromatic heterocycles. The zero-order valence-electron chi connectivity index (χ0n) is 9.09. The molecule has 1 aromatic carbocycles. The predicted octanol–water partition coefficient (Wildman–Crippen LogP) is 1.57. The second-order valence-corrected chi connectivity index (χ2v) is 3.22. The van der Waals surface area contributed by atoms with Crippen LogP contribution in [0.5, 0.6) is 11.6 Å². The van der Waals surface area contributed by atoms with Crippen LogP contribution in [0.15, 0.2) is 30.5 Å². The van der Waals surface area contributed by atoms with Crippen LogP contribution in [0.25, 0.3) is 0 Å². The number of hydrogen-bond acceptors (Lipinski definition) is 6. The Hall–Kier alpha value is -2.72. The van der Waals surface area contributed by atoms with E-state index >= 15 is 0 Å². The Morgan fingerprint density at radius 1 is 1.39 bits per heavy atom. The van der Waals surface area contributed by atoms with Gasteiger partial charge in [0.15, 0.2) is 0 Å². The minimum Gasteiger partial charge on any atom is -0.439 e. The quantitative estimate of drug-likeness (QED) is 0.629. The largest absolute Gasteiger partial charge is 0.439 e.